The van der Waals surface area contributed by atoms with E-state index in [2.05, 4.69) is 29.2 Å². The van der Waals surface area contributed by atoms with E-state index in [0.29, 0.717) is 29.1 Å². The molecule has 118 valence electrons. The normalized spacial score (nSPS) is 16.5. The van der Waals surface area contributed by atoms with Crippen LogP contribution >= 0.6 is 11.6 Å². The minimum atomic E-state index is -0.112. The molecule has 0 amide bonds. The van der Waals surface area contributed by atoms with Crippen molar-refractivity contribution < 1.29 is 0 Å². The van der Waals surface area contributed by atoms with Gasteiger partial charge in [0.2, 0.25) is 0 Å². The third-order valence-corrected chi connectivity index (χ3v) is 4.11. The van der Waals surface area contributed by atoms with Crippen LogP contribution in [-0.4, -0.2) is 41.4 Å². The zero-order chi connectivity index (χ0) is 15.6. The summed E-state index contributed by atoms with van der Waals surface area (Å²) in [5.74, 6) is 1.000. The van der Waals surface area contributed by atoms with E-state index in [9.17, 15) is 4.79 Å². The lowest BCUT2D eigenvalue weighted by molar-refractivity contribution is 0.344. The average molecular weight is 313 g/mol. The number of hydrogen-bond acceptors (Lipinski definition) is 4. The zero-order valence-electron chi connectivity index (χ0n) is 13.3. The molecule has 1 saturated carbocycles. The lowest BCUT2D eigenvalue weighted by Gasteiger charge is -2.26. The van der Waals surface area contributed by atoms with Crippen LogP contribution in [0.2, 0.25) is 5.02 Å². The predicted octanol–water partition coefficient (Wildman–Crippen LogP) is 2.30. The molecule has 1 aromatic rings. The highest BCUT2D eigenvalue weighted by atomic mass is 35.5. The third kappa shape index (κ3) is 4.45. The Morgan fingerprint density at radius 3 is 2.67 bits per heavy atom. The number of nitrogens with zero attached hydrogens (tertiary/aromatic N) is 3. The fourth-order valence-corrected chi connectivity index (χ4v) is 2.46. The summed E-state index contributed by atoms with van der Waals surface area (Å²) in [5.41, 5.74) is 0.367. The van der Waals surface area contributed by atoms with Gasteiger partial charge in [-0.25, -0.2) is 4.68 Å². The molecule has 1 aliphatic rings. The average Bonchev–Trinajstić information content (AvgIpc) is 3.20. The molecule has 1 unspecified atom stereocenters. The topological polar surface area (TPSA) is 50.2 Å². The van der Waals surface area contributed by atoms with Crippen molar-refractivity contribution in [3.63, 3.8) is 0 Å². The molecule has 0 aliphatic heterocycles. The molecule has 5 nitrogen and oxygen atoms in total. The van der Waals surface area contributed by atoms with Gasteiger partial charge in [0.15, 0.2) is 0 Å². The molecule has 6 heteroatoms. The number of nitrogens with one attached hydrogen (secondary N) is 1. The Morgan fingerprint density at radius 1 is 1.48 bits per heavy atom. The monoisotopic (exact) mass is 312 g/mol. The van der Waals surface area contributed by atoms with Crippen LogP contribution in [0.1, 0.15) is 26.7 Å². The van der Waals surface area contributed by atoms with Crippen molar-refractivity contribution in [2.45, 2.75) is 39.3 Å². The highest BCUT2D eigenvalue weighted by molar-refractivity contribution is 6.33. The Morgan fingerprint density at radius 2 is 2.14 bits per heavy atom. The highest BCUT2D eigenvalue weighted by Gasteiger charge is 2.24. The van der Waals surface area contributed by atoms with Crippen LogP contribution in [0.15, 0.2) is 11.0 Å². The molecule has 1 N–H and O–H groups in total. The first-order chi connectivity index (χ1) is 9.88. The fraction of sp³-hybridized carbons (Fsp3) is 0.733. The third-order valence-electron chi connectivity index (χ3n) is 3.82. The molecule has 0 saturated heterocycles. The van der Waals surface area contributed by atoms with Crippen molar-refractivity contribution >= 4 is 17.3 Å². The van der Waals surface area contributed by atoms with Crippen LogP contribution in [0.25, 0.3) is 0 Å². The van der Waals surface area contributed by atoms with Crippen molar-refractivity contribution in [1.29, 1.82) is 0 Å². The Hall–Kier alpha value is -1.07. The highest BCUT2D eigenvalue weighted by Crippen LogP contribution is 2.30. The summed E-state index contributed by atoms with van der Waals surface area (Å²) in [4.78, 5) is 14.6. The van der Waals surface area contributed by atoms with Gasteiger partial charge in [0.25, 0.3) is 5.56 Å². The summed E-state index contributed by atoms with van der Waals surface area (Å²) in [6.45, 7) is 5.82. The number of hydrogen-bond donors (Lipinski definition) is 1. The maximum Gasteiger partial charge on any atom is 0.291 e. The van der Waals surface area contributed by atoms with E-state index < -0.39 is 0 Å². The van der Waals surface area contributed by atoms with Gasteiger partial charge in [-0.1, -0.05) is 25.4 Å². The van der Waals surface area contributed by atoms with Gasteiger partial charge in [0.1, 0.15) is 5.69 Å². The Kier molecular flexibility index (Phi) is 5.27. The molecule has 1 fully saturated rings. The van der Waals surface area contributed by atoms with Crippen molar-refractivity contribution in [2.75, 3.05) is 26.0 Å². The summed E-state index contributed by atoms with van der Waals surface area (Å²) in [6, 6.07) is 0.168. The molecule has 2 rings (SSSR count). The van der Waals surface area contributed by atoms with Crippen LogP contribution in [-0.2, 0) is 6.54 Å². The second-order valence-electron chi connectivity index (χ2n) is 6.56. The molecule has 1 atom stereocenters. The molecule has 0 radical (unpaired) electrons. The number of rotatable bonds is 7. The van der Waals surface area contributed by atoms with Gasteiger partial charge in [-0.15, -0.1) is 0 Å². The summed E-state index contributed by atoms with van der Waals surface area (Å²) < 4.78 is 1.54. The van der Waals surface area contributed by atoms with Gasteiger partial charge < -0.3 is 10.2 Å². The lowest BCUT2D eigenvalue weighted by atomic mass is 10.0. The van der Waals surface area contributed by atoms with Gasteiger partial charge in [-0.05, 0) is 38.8 Å². The second-order valence-corrected chi connectivity index (χ2v) is 6.96. The number of anilines is 1. The van der Waals surface area contributed by atoms with E-state index in [1.807, 2.05) is 14.1 Å². The van der Waals surface area contributed by atoms with Gasteiger partial charge in [0.05, 0.1) is 11.2 Å². The summed E-state index contributed by atoms with van der Waals surface area (Å²) in [6.07, 6.45) is 3.95. The van der Waals surface area contributed by atoms with E-state index >= 15 is 0 Å². The van der Waals surface area contributed by atoms with Crippen LogP contribution in [0.4, 0.5) is 5.69 Å². The van der Waals surface area contributed by atoms with E-state index in [1.165, 1.54) is 12.8 Å². The summed E-state index contributed by atoms with van der Waals surface area (Å²) in [5, 5.41) is 7.89. The summed E-state index contributed by atoms with van der Waals surface area (Å²) >= 11 is 6.19. The molecule has 1 aliphatic carbocycles. The maximum atomic E-state index is 12.5. The molecule has 0 aromatic carbocycles. The number of likely N-dealkylation sites (N-methyl/N-ethyl adjacent to an activating group) is 1. The van der Waals surface area contributed by atoms with Gasteiger partial charge >= 0.3 is 0 Å². The van der Waals surface area contributed by atoms with Crippen LogP contribution in [0.5, 0.6) is 0 Å². The van der Waals surface area contributed by atoms with Crippen molar-refractivity contribution in [1.82, 2.24) is 14.7 Å². The number of aromatic nitrogens is 2. The molecular formula is C15H25ClN4O. The van der Waals surface area contributed by atoms with Gasteiger partial charge in [-0.2, -0.15) is 5.10 Å². The Bertz CT molecular complexity index is 537. The van der Waals surface area contributed by atoms with Crippen LogP contribution < -0.4 is 10.9 Å². The summed E-state index contributed by atoms with van der Waals surface area (Å²) in [7, 11) is 4.05. The minimum absolute atomic E-state index is 0.112. The second kappa shape index (κ2) is 6.79. The first-order valence-electron chi connectivity index (χ1n) is 7.55. The first-order valence-corrected chi connectivity index (χ1v) is 7.93. The lowest BCUT2D eigenvalue weighted by Crippen LogP contribution is -2.39. The fourth-order valence-electron chi connectivity index (χ4n) is 2.28. The van der Waals surface area contributed by atoms with Gasteiger partial charge in [-0.3, -0.25) is 4.79 Å². The van der Waals surface area contributed by atoms with Crippen LogP contribution in [0.3, 0.4) is 0 Å². The standard InChI is InChI=1S/C15H25ClN4O/c1-10(2)13(9-19(3)4)18-14-12(16)7-17-20(15(14)21)8-11-5-6-11/h7,10-11,13,18H,5-6,8-9H2,1-4H3. The number of halogens is 1. The molecule has 0 bridgehead atoms. The van der Waals surface area contributed by atoms with Crippen molar-refractivity contribution in [3.05, 3.63) is 21.6 Å². The van der Waals surface area contributed by atoms with Crippen LogP contribution in [0, 0.1) is 11.8 Å². The molecule has 1 heterocycles. The predicted molar refractivity (Wildman–Crippen MR) is 87.0 cm³/mol. The quantitative estimate of drug-likeness (QED) is 0.839. The van der Waals surface area contributed by atoms with Crippen molar-refractivity contribution in [3.8, 4) is 0 Å². The first kappa shape index (κ1) is 16.3. The van der Waals surface area contributed by atoms with E-state index in [1.54, 1.807) is 10.9 Å². The SMILES string of the molecule is CC(C)C(CN(C)C)Nc1c(Cl)cnn(CC2CC2)c1=O. The van der Waals surface area contributed by atoms with E-state index in [0.717, 1.165) is 6.54 Å². The van der Waals surface area contributed by atoms with Crippen molar-refractivity contribution in [2.24, 2.45) is 11.8 Å². The maximum absolute atomic E-state index is 12.5. The minimum Gasteiger partial charge on any atom is -0.375 e. The van der Waals surface area contributed by atoms with E-state index in [-0.39, 0.29) is 11.6 Å². The van der Waals surface area contributed by atoms with E-state index in [4.69, 9.17) is 11.6 Å². The van der Waals surface area contributed by atoms with Gasteiger partial charge in [0, 0.05) is 19.1 Å². The Labute approximate surface area is 131 Å². The smallest absolute Gasteiger partial charge is 0.291 e. The molecule has 1 aromatic heterocycles. The Balaban J connectivity index is 2.22. The molecular weight excluding hydrogens is 288 g/mol. The largest absolute Gasteiger partial charge is 0.375 e. The molecule has 21 heavy (non-hydrogen) atoms. The zero-order valence-corrected chi connectivity index (χ0v) is 14.0. The molecule has 0 spiro atoms.